The Balaban J connectivity index is 1.14. The van der Waals surface area contributed by atoms with E-state index in [-0.39, 0.29) is 11.3 Å². The molecule has 4 aliphatic rings. The topological polar surface area (TPSA) is 3.24 Å². The SMILES string of the molecule is C1=CCC(C2(c3cccc(N(c4ccc(-c5ccccc5)cc4)c4cccc5ccccc45)c3)c3ccccc3C3(c4ccccc4)c4c(cccc42)C2=CC=CCC23)C=C1. The molecule has 0 N–H and O–H groups in total. The number of nitrogens with zero attached hydrogens (tertiary/aromatic N) is 1. The van der Waals surface area contributed by atoms with E-state index in [1.165, 1.54) is 66.4 Å². The van der Waals surface area contributed by atoms with E-state index in [0.29, 0.717) is 5.92 Å². The molecule has 0 radical (unpaired) electrons. The smallest absolute Gasteiger partial charge is 0.0540 e. The number of benzene rings is 8. The van der Waals surface area contributed by atoms with E-state index in [1.807, 2.05) is 0 Å². The first-order chi connectivity index (χ1) is 30.3. The minimum absolute atomic E-state index is 0.181. The van der Waals surface area contributed by atoms with Gasteiger partial charge in [-0.1, -0.05) is 206 Å². The van der Waals surface area contributed by atoms with Crippen LogP contribution in [0.15, 0.2) is 237 Å². The second-order valence-corrected chi connectivity index (χ2v) is 17.0. The Kier molecular flexibility index (Phi) is 8.32. The molecule has 0 saturated heterocycles. The fraction of sp³-hybridized carbons (Fsp3) is 0.100. The van der Waals surface area contributed by atoms with Crippen LogP contribution >= 0.6 is 0 Å². The van der Waals surface area contributed by atoms with Gasteiger partial charge in [-0.2, -0.15) is 0 Å². The summed E-state index contributed by atoms with van der Waals surface area (Å²) in [7, 11) is 0. The molecule has 0 aromatic heterocycles. The minimum atomic E-state index is -0.486. The maximum absolute atomic E-state index is 2.52. The molecule has 0 heterocycles. The zero-order chi connectivity index (χ0) is 40.4. The van der Waals surface area contributed by atoms with Crippen LogP contribution in [0.25, 0.3) is 27.5 Å². The van der Waals surface area contributed by atoms with Gasteiger partial charge in [0.1, 0.15) is 0 Å². The fourth-order valence-corrected chi connectivity index (χ4v) is 11.9. The minimum Gasteiger partial charge on any atom is -0.310 e. The summed E-state index contributed by atoms with van der Waals surface area (Å²) in [5.74, 6) is 0.476. The van der Waals surface area contributed by atoms with E-state index in [9.17, 15) is 0 Å². The summed E-state index contributed by atoms with van der Waals surface area (Å²) in [4.78, 5) is 2.48. The third kappa shape index (κ3) is 5.20. The molecular weight excluding hydrogens is 735 g/mol. The molecule has 0 amide bonds. The van der Waals surface area contributed by atoms with Crippen LogP contribution in [0.1, 0.15) is 51.8 Å². The van der Waals surface area contributed by atoms with Crippen molar-refractivity contribution in [2.75, 3.05) is 4.90 Å². The molecule has 4 atom stereocenters. The highest BCUT2D eigenvalue weighted by Crippen LogP contribution is 2.68. The number of hydrogen-bond donors (Lipinski definition) is 0. The lowest BCUT2D eigenvalue weighted by Gasteiger charge is -2.53. The van der Waals surface area contributed by atoms with Crippen molar-refractivity contribution in [3.63, 3.8) is 0 Å². The summed E-state index contributed by atoms with van der Waals surface area (Å²) in [6.07, 6.45) is 18.4. The molecule has 0 aliphatic heterocycles. The van der Waals surface area contributed by atoms with Crippen LogP contribution in [0.5, 0.6) is 0 Å². The first-order valence-electron chi connectivity index (χ1n) is 21.8. The molecule has 0 spiro atoms. The first-order valence-corrected chi connectivity index (χ1v) is 21.8. The summed E-state index contributed by atoms with van der Waals surface area (Å²) in [5.41, 5.74) is 16.3. The molecule has 12 rings (SSSR count). The molecule has 1 nitrogen and oxygen atoms in total. The number of fused-ring (bicyclic) bond motifs is 6. The third-order valence-electron chi connectivity index (χ3n) is 14.2. The summed E-state index contributed by atoms with van der Waals surface area (Å²) in [6.45, 7) is 0. The van der Waals surface area contributed by atoms with Crippen molar-refractivity contribution < 1.29 is 0 Å². The molecule has 1 heteroatoms. The molecule has 61 heavy (non-hydrogen) atoms. The zero-order valence-electron chi connectivity index (χ0n) is 34.0. The van der Waals surface area contributed by atoms with Gasteiger partial charge in [0, 0.05) is 22.7 Å². The van der Waals surface area contributed by atoms with Gasteiger partial charge in [0.2, 0.25) is 0 Å². The predicted octanol–water partition coefficient (Wildman–Crippen LogP) is 15.1. The van der Waals surface area contributed by atoms with Gasteiger partial charge < -0.3 is 4.90 Å². The Morgan fingerprint density at radius 2 is 1.11 bits per heavy atom. The third-order valence-corrected chi connectivity index (χ3v) is 14.2. The lowest BCUT2D eigenvalue weighted by atomic mass is 9.48. The van der Waals surface area contributed by atoms with Crippen molar-refractivity contribution in [3.8, 4) is 11.1 Å². The standard InChI is InChI=1S/C60H45N/c1-4-19-42(20-5-1)43-37-39-48(40-38-43)61(57-36-16-22-44-21-10-11-29-50(44)57)49-28-17-27-47(41-49)59(45-23-6-2-7-24-45)54-33-14-15-34-55(54)60(46-25-8-3-9-26-46)53-32-13-12-30-51(53)52-31-18-35-56(59)58(52)60/h1-23,25-31,33-41,45,53H,24,32H2. The normalized spacial score (nSPS) is 21.7. The zero-order valence-corrected chi connectivity index (χ0v) is 34.0. The van der Waals surface area contributed by atoms with E-state index >= 15 is 0 Å². The molecule has 8 aromatic rings. The van der Waals surface area contributed by atoms with Gasteiger partial charge in [0.05, 0.1) is 16.5 Å². The van der Waals surface area contributed by atoms with Crippen LogP contribution in [-0.4, -0.2) is 0 Å². The Morgan fingerprint density at radius 3 is 1.93 bits per heavy atom. The average Bonchev–Trinajstić information content (AvgIpc) is 3.65. The Labute approximate surface area is 359 Å². The maximum Gasteiger partial charge on any atom is 0.0540 e. The Morgan fingerprint density at radius 1 is 0.459 bits per heavy atom. The Hall–Kier alpha value is -7.22. The highest BCUT2D eigenvalue weighted by atomic mass is 15.1. The van der Waals surface area contributed by atoms with Gasteiger partial charge in [-0.25, -0.2) is 0 Å². The molecule has 4 aliphatic carbocycles. The van der Waals surface area contributed by atoms with E-state index in [0.717, 1.165) is 29.9 Å². The van der Waals surface area contributed by atoms with Gasteiger partial charge in [0.15, 0.2) is 0 Å². The van der Waals surface area contributed by atoms with Crippen molar-refractivity contribution in [3.05, 3.63) is 276 Å². The molecule has 0 saturated carbocycles. The maximum atomic E-state index is 2.52. The number of allylic oxidation sites excluding steroid dienone is 8. The van der Waals surface area contributed by atoms with Gasteiger partial charge in [0.25, 0.3) is 0 Å². The van der Waals surface area contributed by atoms with Gasteiger partial charge in [-0.3, -0.25) is 0 Å². The van der Waals surface area contributed by atoms with Crippen LogP contribution < -0.4 is 4.90 Å². The lowest BCUT2D eigenvalue weighted by Crippen LogP contribution is -2.49. The molecule has 0 bridgehead atoms. The van der Waals surface area contributed by atoms with Crippen LogP contribution in [0, 0.1) is 11.8 Å². The molecule has 4 unspecified atom stereocenters. The largest absolute Gasteiger partial charge is 0.310 e. The summed E-state index contributed by atoms with van der Waals surface area (Å²) in [6, 6.07) is 73.0. The second-order valence-electron chi connectivity index (χ2n) is 17.0. The van der Waals surface area contributed by atoms with Crippen molar-refractivity contribution >= 4 is 33.4 Å². The fourth-order valence-electron chi connectivity index (χ4n) is 11.9. The summed E-state index contributed by atoms with van der Waals surface area (Å²) < 4.78 is 0. The number of hydrogen-bond acceptors (Lipinski definition) is 1. The van der Waals surface area contributed by atoms with Crippen molar-refractivity contribution in [1.82, 2.24) is 0 Å². The van der Waals surface area contributed by atoms with E-state index in [4.69, 9.17) is 0 Å². The highest BCUT2D eigenvalue weighted by Gasteiger charge is 2.61. The monoisotopic (exact) mass is 779 g/mol. The summed E-state index contributed by atoms with van der Waals surface area (Å²) in [5, 5.41) is 2.44. The lowest BCUT2D eigenvalue weighted by molar-refractivity contribution is 0.389. The van der Waals surface area contributed by atoms with Crippen molar-refractivity contribution in [2.24, 2.45) is 11.8 Å². The van der Waals surface area contributed by atoms with E-state index < -0.39 is 5.41 Å². The number of rotatable bonds is 7. The van der Waals surface area contributed by atoms with Crippen LogP contribution in [0.2, 0.25) is 0 Å². The van der Waals surface area contributed by atoms with Crippen molar-refractivity contribution in [1.29, 1.82) is 0 Å². The quantitative estimate of drug-likeness (QED) is 0.156. The first kappa shape index (κ1) is 35.7. The van der Waals surface area contributed by atoms with Gasteiger partial charge in [-0.05, 0) is 110 Å². The van der Waals surface area contributed by atoms with E-state index in [2.05, 4.69) is 242 Å². The average molecular weight is 780 g/mol. The molecule has 0 fully saturated rings. The van der Waals surface area contributed by atoms with Crippen LogP contribution in [0.4, 0.5) is 17.1 Å². The molecular formula is C60H45N. The van der Waals surface area contributed by atoms with Crippen LogP contribution in [-0.2, 0) is 10.8 Å². The highest BCUT2D eigenvalue weighted by molar-refractivity contribution is 5.99. The van der Waals surface area contributed by atoms with Gasteiger partial charge >= 0.3 is 0 Å². The van der Waals surface area contributed by atoms with Gasteiger partial charge in [-0.15, -0.1) is 0 Å². The predicted molar refractivity (Wildman–Crippen MR) is 255 cm³/mol. The van der Waals surface area contributed by atoms with Crippen LogP contribution in [0.3, 0.4) is 0 Å². The molecule has 290 valence electrons. The van der Waals surface area contributed by atoms with Crippen molar-refractivity contribution in [2.45, 2.75) is 23.7 Å². The number of anilines is 3. The summed E-state index contributed by atoms with van der Waals surface area (Å²) >= 11 is 0. The Bertz CT molecular complexity index is 3090. The molecule has 8 aromatic carbocycles. The second kappa shape index (κ2) is 14.2. The van der Waals surface area contributed by atoms with E-state index in [1.54, 1.807) is 0 Å².